The van der Waals surface area contributed by atoms with E-state index in [0.717, 1.165) is 0 Å². The molecule has 0 aliphatic carbocycles. The maximum Gasteiger partial charge on any atom is 0.407 e. The predicted molar refractivity (Wildman–Crippen MR) is 115 cm³/mol. The molecule has 2 rings (SSSR count). The molecule has 1 aliphatic rings. The van der Waals surface area contributed by atoms with E-state index in [9.17, 15) is 14.7 Å². The second-order valence-electron chi connectivity index (χ2n) is 8.97. The van der Waals surface area contributed by atoms with Crippen LogP contribution in [0.5, 0.6) is 17.2 Å². The van der Waals surface area contributed by atoms with Crippen molar-refractivity contribution >= 4 is 20.2 Å². The van der Waals surface area contributed by atoms with Gasteiger partial charge in [0.1, 0.15) is 12.7 Å². The molecule has 0 radical (unpaired) electrons. The fourth-order valence-corrected chi connectivity index (χ4v) is 3.81. The van der Waals surface area contributed by atoms with Crippen LogP contribution in [0.15, 0.2) is 12.1 Å². The summed E-state index contributed by atoms with van der Waals surface area (Å²) >= 11 is 0. The summed E-state index contributed by atoms with van der Waals surface area (Å²) in [4.78, 5) is 23.9. The number of methoxy groups -OCH3 is 2. The molecular weight excluding hydrogens is 406 g/mol. The predicted octanol–water partition coefficient (Wildman–Crippen LogP) is 3.52. The van der Waals surface area contributed by atoms with Gasteiger partial charge in [0, 0.05) is 5.56 Å². The number of carbonyl (C=O) groups excluding carboxylic acids is 2. The lowest BCUT2D eigenvalue weighted by Gasteiger charge is -2.37. The van der Waals surface area contributed by atoms with Crippen molar-refractivity contribution in [1.29, 1.82) is 0 Å². The Morgan fingerprint density at radius 3 is 2.27 bits per heavy atom. The van der Waals surface area contributed by atoms with Gasteiger partial charge in [-0.05, 0) is 43.1 Å². The zero-order chi connectivity index (χ0) is 22.7. The van der Waals surface area contributed by atoms with E-state index in [-0.39, 0.29) is 29.7 Å². The molecule has 2 unspecified atom stereocenters. The van der Waals surface area contributed by atoms with Gasteiger partial charge in [-0.3, -0.25) is 4.79 Å². The molecule has 1 aromatic rings. The quantitative estimate of drug-likeness (QED) is 0.448. The van der Waals surface area contributed by atoms with Crippen molar-refractivity contribution in [2.24, 2.45) is 0 Å². The summed E-state index contributed by atoms with van der Waals surface area (Å²) in [6, 6.07) is 2.93. The van der Waals surface area contributed by atoms with E-state index in [2.05, 4.69) is 39.2 Å². The second kappa shape index (κ2) is 9.26. The van der Waals surface area contributed by atoms with Crippen molar-refractivity contribution in [3.05, 3.63) is 17.7 Å². The number of Topliss-reactive ketones (excluding diaryl/α,β-unsaturated/α-hetero) is 1. The van der Waals surface area contributed by atoms with Crippen molar-refractivity contribution in [2.45, 2.75) is 63.9 Å². The highest BCUT2D eigenvalue weighted by atomic mass is 28.4. The summed E-state index contributed by atoms with van der Waals surface area (Å²) in [5, 5.41) is 13.0. The molecule has 1 heterocycles. The topological polar surface area (TPSA) is 103 Å². The van der Waals surface area contributed by atoms with Crippen LogP contribution in [0.25, 0.3) is 0 Å². The normalized spacial score (nSPS) is 17.7. The highest BCUT2D eigenvalue weighted by molar-refractivity contribution is 6.74. The van der Waals surface area contributed by atoms with Gasteiger partial charge in [-0.1, -0.05) is 20.8 Å². The molecule has 0 bridgehead atoms. The van der Waals surface area contributed by atoms with Crippen LogP contribution in [0, 0.1) is 0 Å². The number of aliphatic hydroxyl groups is 1. The molecule has 2 N–H and O–H groups in total. The number of aliphatic hydroxyl groups excluding tert-OH is 1. The average Bonchev–Trinajstić information content (AvgIpc) is 3.09. The van der Waals surface area contributed by atoms with Crippen molar-refractivity contribution in [2.75, 3.05) is 20.8 Å². The number of hydrogen-bond donors (Lipinski definition) is 2. The molecule has 1 fully saturated rings. The second-order valence-corrected chi connectivity index (χ2v) is 13.7. The van der Waals surface area contributed by atoms with E-state index in [0.29, 0.717) is 23.7 Å². The minimum absolute atomic E-state index is 0.0346. The van der Waals surface area contributed by atoms with E-state index >= 15 is 0 Å². The standard InChI is InChI=1S/C21H33NO7Si/c1-21(2,3)30(6,7)29-19-16(26-4)10-13(11-17(19)27-5)18(24)15(23)9-8-14-12-28-20(25)22-14/h10-11,14-15,23H,8-9,12H2,1-7H3,(H,22,25). The first-order valence-corrected chi connectivity index (χ1v) is 12.9. The molecule has 1 aliphatic heterocycles. The molecule has 9 heteroatoms. The fraction of sp³-hybridized carbons (Fsp3) is 0.619. The maximum atomic E-state index is 12.8. The Hall–Kier alpha value is -2.26. The molecule has 2 atom stereocenters. The van der Waals surface area contributed by atoms with Crippen LogP contribution in [0.3, 0.4) is 0 Å². The molecule has 0 aromatic heterocycles. The third-order valence-electron chi connectivity index (χ3n) is 5.74. The molecule has 1 amide bonds. The lowest BCUT2D eigenvalue weighted by molar-refractivity contribution is 0.0719. The zero-order valence-corrected chi connectivity index (χ0v) is 19.8. The largest absolute Gasteiger partial charge is 0.539 e. The Kier molecular flexibility index (Phi) is 7.41. The first-order chi connectivity index (χ1) is 13.9. The monoisotopic (exact) mass is 439 g/mol. The van der Waals surface area contributed by atoms with Crippen molar-refractivity contribution in [1.82, 2.24) is 5.32 Å². The van der Waals surface area contributed by atoms with Gasteiger partial charge < -0.3 is 29.1 Å². The van der Waals surface area contributed by atoms with Crippen molar-refractivity contribution < 1.29 is 33.3 Å². The van der Waals surface area contributed by atoms with Gasteiger partial charge in [0.2, 0.25) is 0 Å². The van der Waals surface area contributed by atoms with E-state index in [1.807, 2.05) is 0 Å². The molecule has 0 saturated carbocycles. The lowest BCUT2D eigenvalue weighted by Crippen LogP contribution is -2.44. The number of ketones is 1. The number of ether oxygens (including phenoxy) is 3. The average molecular weight is 440 g/mol. The van der Waals surface area contributed by atoms with Crippen LogP contribution in [0.1, 0.15) is 44.0 Å². The van der Waals surface area contributed by atoms with Gasteiger partial charge in [0.05, 0.1) is 20.3 Å². The summed E-state index contributed by atoms with van der Waals surface area (Å²) in [7, 11) is 0.820. The number of cyclic esters (lactones) is 1. The highest BCUT2D eigenvalue weighted by Crippen LogP contribution is 2.45. The van der Waals surface area contributed by atoms with E-state index in [1.165, 1.54) is 14.2 Å². The summed E-state index contributed by atoms with van der Waals surface area (Å²) in [6.45, 7) is 10.8. The van der Waals surface area contributed by atoms with Crippen LogP contribution in [0.2, 0.25) is 18.1 Å². The smallest absolute Gasteiger partial charge is 0.407 e. The number of hydrogen-bond acceptors (Lipinski definition) is 7. The van der Waals surface area contributed by atoms with E-state index < -0.39 is 26.3 Å². The number of amides is 1. The van der Waals surface area contributed by atoms with E-state index in [1.54, 1.807) is 12.1 Å². The SMILES string of the molecule is COc1cc(C(=O)C(O)CCC2COC(=O)N2)cc(OC)c1O[Si](C)(C)C(C)(C)C. The van der Waals surface area contributed by atoms with Gasteiger partial charge in [-0.15, -0.1) is 0 Å². The molecule has 1 saturated heterocycles. The third-order valence-corrected chi connectivity index (χ3v) is 10.1. The molecule has 0 spiro atoms. The lowest BCUT2D eigenvalue weighted by atomic mass is 10.00. The Labute approximate surface area is 179 Å². The minimum Gasteiger partial charge on any atom is -0.539 e. The summed E-state index contributed by atoms with van der Waals surface area (Å²) in [5.41, 5.74) is 0.269. The molecule has 30 heavy (non-hydrogen) atoms. The summed E-state index contributed by atoms with van der Waals surface area (Å²) in [5.74, 6) is 0.775. The molecule has 1 aromatic carbocycles. The zero-order valence-electron chi connectivity index (χ0n) is 18.8. The van der Waals surface area contributed by atoms with Crippen LogP contribution in [-0.4, -0.2) is 58.3 Å². The fourth-order valence-electron chi connectivity index (χ4n) is 2.80. The molecule has 168 valence electrons. The first kappa shape index (κ1) is 24.0. The Bertz CT molecular complexity index is 763. The Balaban J connectivity index is 2.22. The van der Waals surface area contributed by atoms with Crippen LogP contribution < -0.4 is 19.2 Å². The molecule has 8 nitrogen and oxygen atoms in total. The number of rotatable bonds is 9. The Morgan fingerprint density at radius 1 is 1.27 bits per heavy atom. The summed E-state index contributed by atoms with van der Waals surface area (Å²) in [6.07, 6.45) is -1.07. The maximum absolute atomic E-state index is 12.8. The minimum atomic E-state index is -2.18. The first-order valence-electron chi connectivity index (χ1n) is 10.00. The number of nitrogens with one attached hydrogen (secondary N) is 1. The number of benzene rings is 1. The van der Waals surface area contributed by atoms with Gasteiger partial charge in [-0.25, -0.2) is 4.79 Å². The third kappa shape index (κ3) is 5.45. The van der Waals surface area contributed by atoms with Crippen LogP contribution >= 0.6 is 0 Å². The Morgan fingerprint density at radius 2 is 1.83 bits per heavy atom. The van der Waals surface area contributed by atoms with E-state index in [4.69, 9.17) is 18.6 Å². The van der Waals surface area contributed by atoms with Crippen LogP contribution in [0.4, 0.5) is 4.79 Å². The van der Waals surface area contributed by atoms with Gasteiger partial charge >= 0.3 is 6.09 Å². The van der Waals surface area contributed by atoms with Gasteiger partial charge in [0.25, 0.3) is 8.32 Å². The molecular formula is C21H33NO7Si. The number of carbonyl (C=O) groups is 2. The van der Waals surface area contributed by atoms with Crippen molar-refractivity contribution in [3.8, 4) is 17.2 Å². The highest BCUT2D eigenvalue weighted by Gasteiger charge is 2.40. The van der Waals surface area contributed by atoms with Crippen molar-refractivity contribution in [3.63, 3.8) is 0 Å². The summed E-state index contributed by atoms with van der Waals surface area (Å²) < 4.78 is 22.2. The van der Waals surface area contributed by atoms with Gasteiger partial charge in [0.15, 0.2) is 23.0 Å². The number of alkyl carbamates (subject to hydrolysis) is 1. The van der Waals surface area contributed by atoms with Gasteiger partial charge in [-0.2, -0.15) is 0 Å². The van der Waals surface area contributed by atoms with Crippen LogP contribution in [-0.2, 0) is 4.74 Å².